The number of rotatable bonds is 5. The number of hydrogen-bond donors (Lipinski definition) is 1. The van der Waals surface area contributed by atoms with Gasteiger partial charge in [0.1, 0.15) is 0 Å². The van der Waals surface area contributed by atoms with E-state index < -0.39 is 0 Å². The van der Waals surface area contributed by atoms with Crippen LogP contribution in [0.3, 0.4) is 0 Å². The van der Waals surface area contributed by atoms with E-state index in [1.165, 1.54) is 24.1 Å². The van der Waals surface area contributed by atoms with Crippen molar-refractivity contribution >= 4 is 21.6 Å². The highest BCUT2D eigenvalue weighted by molar-refractivity contribution is 9.10. The van der Waals surface area contributed by atoms with Gasteiger partial charge >= 0.3 is 0 Å². The zero-order valence-corrected chi connectivity index (χ0v) is 12.4. The summed E-state index contributed by atoms with van der Waals surface area (Å²) in [5.74, 6) is 0. The minimum absolute atomic E-state index is 0.374. The summed E-state index contributed by atoms with van der Waals surface area (Å²) >= 11 is 3.50. The van der Waals surface area contributed by atoms with Crippen molar-refractivity contribution in [3.63, 3.8) is 0 Å². The Hall–Kier alpha value is -0.580. The Bertz CT molecular complexity index is 391. The molecular formula is C14H21BrN2O. The monoisotopic (exact) mass is 312 g/mol. The summed E-state index contributed by atoms with van der Waals surface area (Å²) in [7, 11) is 0. The van der Waals surface area contributed by atoms with Crippen LogP contribution >= 0.6 is 15.9 Å². The topological polar surface area (TPSA) is 38.5 Å². The Kier molecular flexibility index (Phi) is 5.03. The maximum absolute atomic E-state index is 5.84. The summed E-state index contributed by atoms with van der Waals surface area (Å²) in [6.07, 6.45) is 2.73. The Morgan fingerprint density at radius 3 is 2.94 bits per heavy atom. The SMILES string of the molecule is CCN(CC1CCCO1)c1ccc(Br)cc1CN. The summed E-state index contributed by atoms with van der Waals surface area (Å²) < 4.78 is 6.81. The highest BCUT2D eigenvalue weighted by Crippen LogP contribution is 2.26. The van der Waals surface area contributed by atoms with Gasteiger partial charge in [-0.3, -0.25) is 0 Å². The predicted octanol–water partition coefficient (Wildman–Crippen LogP) is 2.91. The van der Waals surface area contributed by atoms with E-state index in [4.69, 9.17) is 10.5 Å². The first-order valence-electron chi connectivity index (χ1n) is 6.59. The molecular weight excluding hydrogens is 292 g/mol. The molecule has 1 aliphatic rings. The second-order valence-electron chi connectivity index (χ2n) is 4.65. The maximum Gasteiger partial charge on any atom is 0.0750 e. The molecule has 0 radical (unpaired) electrons. The Morgan fingerprint density at radius 2 is 2.33 bits per heavy atom. The van der Waals surface area contributed by atoms with Crippen LogP contribution in [0.5, 0.6) is 0 Å². The van der Waals surface area contributed by atoms with Crippen molar-refractivity contribution in [3.8, 4) is 0 Å². The van der Waals surface area contributed by atoms with E-state index in [2.05, 4.69) is 46.0 Å². The first-order chi connectivity index (χ1) is 8.74. The second-order valence-corrected chi connectivity index (χ2v) is 5.57. The average molecular weight is 313 g/mol. The van der Waals surface area contributed by atoms with E-state index >= 15 is 0 Å². The van der Waals surface area contributed by atoms with Crippen molar-refractivity contribution in [2.24, 2.45) is 5.73 Å². The van der Waals surface area contributed by atoms with Gasteiger partial charge in [-0.15, -0.1) is 0 Å². The highest BCUT2D eigenvalue weighted by atomic mass is 79.9. The first-order valence-corrected chi connectivity index (χ1v) is 7.39. The third-order valence-electron chi connectivity index (χ3n) is 3.43. The van der Waals surface area contributed by atoms with Gasteiger partial charge in [0.05, 0.1) is 6.10 Å². The number of likely N-dealkylation sites (N-methyl/N-ethyl adjacent to an activating group) is 1. The van der Waals surface area contributed by atoms with E-state index in [-0.39, 0.29) is 0 Å². The van der Waals surface area contributed by atoms with Crippen molar-refractivity contribution in [2.45, 2.75) is 32.4 Å². The van der Waals surface area contributed by atoms with Crippen LogP contribution in [-0.4, -0.2) is 25.8 Å². The molecule has 0 saturated carbocycles. The molecule has 1 aromatic rings. The highest BCUT2D eigenvalue weighted by Gasteiger charge is 2.19. The van der Waals surface area contributed by atoms with Crippen molar-refractivity contribution in [3.05, 3.63) is 28.2 Å². The van der Waals surface area contributed by atoms with E-state index in [0.717, 1.165) is 24.2 Å². The second kappa shape index (κ2) is 6.55. The molecule has 0 amide bonds. The molecule has 1 atom stereocenters. The van der Waals surface area contributed by atoms with Gasteiger partial charge in [-0.1, -0.05) is 15.9 Å². The summed E-state index contributed by atoms with van der Waals surface area (Å²) in [5.41, 5.74) is 8.26. The molecule has 100 valence electrons. The summed E-state index contributed by atoms with van der Waals surface area (Å²) in [5, 5.41) is 0. The number of nitrogens with zero attached hydrogens (tertiary/aromatic N) is 1. The lowest BCUT2D eigenvalue weighted by Crippen LogP contribution is -2.32. The van der Waals surface area contributed by atoms with Crippen LogP contribution in [0.15, 0.2) is 22.7 Å². The van der Waals surface area contributed by atoms with E-state index in [9.17, 15) is 0 Å². The molecule has 4 heteroatoms. The fourth-order valence-corrected chi connectivity index (χ4v) is 2.87. The van der Waals surface area contributed by atoms with Crippen molar-refractivity contribution in [1.82, 2.24) is 0 Å². The minimum Gasteiger partial charge on any atom is -0.376 e. The van der Waals surface area contributed by atoms with Crippen molar-refractivity contribution in [2.75, 3.05) is 24.6 Å². The van der Waals surface area contributed by atoms with Crippen LogP contribution in [-0.2, 0) is 11.3 Å². The number of hydrogen-bond acceptors (Lipinski definition) is 3. The summed E-state index contributed by atoms with van der Waals surface area (Å²) in [4.78, 5) is 2.37. The molecule has 3 nitrogen and oxygen atoms in total. The number of anilines is 1. The number of halogens is 1. The fraction of sp³-hybridized carbons (Fsp3) is 0.571. The summed E-state index contributed by atoms with van der Waals surface area (Å²) in [6, 6.07) is 6.32. The standard InChI is InChI=1S/C14H21BrN2O/c1-2-17(10-13-4-3-7-18-13)14-6-5-12(15)8-11(14)9-16/h5-6,8,13H,2-4,7,9-10,16H2,1H3. The van der Waals surface area contributed by atoms with Crippen LogP contribution in [0.1, 0.15) is 25.3 Å². The molecule has 1 unspecified atom stereocenters. The molecule has 0 spiro atoms. The van der Waals surface area contributed by atoms with Gasteiger partial charge in [0.15, 0.2) is 0 Å². The van der Waals surface area contributed by atoms with Crippen molar-refractivity contribution in [1.29, 1.82) is 0 Å². The molecule has 1 saturated heterocycles. The Labute approximate surface area is 117 Å². The van der Waals surface area contributed by atoms with Crippen LogP contribution in [0.2, 0.25) is 0 Å². The molecule has 1 fully saturated rings. The van der Waals surface area contributed by atoms with Gasteiger partial charge in [-0.05, 0) is 43.5 Å². The molecule has 18 heavy (non-hydrogen) atoms. The van der Waals surface area contributed by atoms with Crippen LogP contribution in [0.25, 0.3) is 0 Å². The quantitative estimate of drug-likeness (QED) is 0.908. The number of nitrogens with two attached hydrogens (primary N) is 1. The predicted molar refractivity (Wildman–Crippen MR) is 78.9 cm³/mol. The van der Waals surface area contributed by atoms with Crippen LogP contribution in [0.4, 0.5) is 5.69 Å². The molecule has 1 aromatic carbocycles. The normalized spacial score (nSPS) is 19.2. The largest absolute Gasteiger partial charge is 0.376 e. The number of benzene rings is 1. The molecule has 1 heterocycles. The minimum atomic E-state index is 0.374. The molecule has 0 bridgehead atoms. The van der Waals surface area contributed by atoms with E-state index in [0.29, 0.717) is 12.6 Å². The van der Waals surface area contributed by atoms with Gasteiger partial charge in [-0.25, -0.2) is 0 Å². The first kappa shape index (κ1) is 13.8. The van der Waals surface area contributed by atoms with Gasteiger partial charge in [0.25, 0.3) is 0 Å². The summed E-state index contributed by atoms with van der Waals surface area (Å²) in [6.45, 7) is 5.60. The van der Waals surface area contributed by atoms with Gasteiger partial charge < -0.3 is 15.4 Å². The van der Waals surface area contributed by atoms with Gasteiger partial charge in [-0.2, -0.15) is 0 Å². The zero-order chi connectivity index (χ0) is 13.0. The van der Waals surface area contributed by atoms with E-state index in [1.54, 1.807) is 0 Å². The molecule has 2 rings (SSSR count). The zero-order valence-electron chi connectivity index (χ0n) is 10.9. The smallest absolute Gasteiger partial charge is 0.0750 e. The third kappa shape index (κ3) is 3.25. The molecule has 0 aliphatic carbocycles. The number of ether oxygens (including phenoxy) is 1. The third-order valence-corrected chi connectivity index (χ3v) is 3.93. The van der Waals surface area contributed by atoms with Crippen LogP contribution in [0, 0.1) is 0 Å². The lowest BCUT2D eigenvalue weighted by molar-refractivity contribution is 0.115. The van der Waals surface area contributed by atoms with Crippen LogP contribution < -0.4 is 10.6 Å². The fourth-order valence-electron chi connectivity index (χ4n) is 2.46. The molecule has 0 aromatic heterocycles. The molecule has 1 aliphatic heterocycles. The van der Waals surface area contributed by atoms with Gasteiger partial charge in [0.2, 0.25) is 0 Å². The van der Waals surface area contributed by atoms with E-state index in [1.807, 2.05) is 0 Å². The lowest BCUT2D eigenvalue weighted by atomic mass is 10.1. The molecule has 2 N–H and O–H groups in total. The average Bonchev–Trinajstić information content (AvgIpc) is 2.89. The Balaban J connectivity index is 2.15. The Morgan fingerprint density at radius 1 is 1.50 bits per heavy atom. The lowest BCUT2D eigenvalue weighted by Gasteiger charge is -2.28. The maximum atomic E-state index is 5.84. The van der Waals surface area contributed by atoms with Crippen molar-refractivity contribution < 1.29 is 4.74 Å². The van der Waals surface area contributed by atoms with Gasteiger partial charge in [0, 0.05) is 36.4 Å².